The Hall–Kier alpha value is -1.20. The first kappa shape index (κ1) is 12.3. The molecule has 2 aromatic rings. The molecule has 0 saturated heterocycles. The number of thiophene rings is 1. The summed E-state index contributed by atoms with van der Waals surface area (Å²) in [6.45, 7) is 4.15. The first-order valence-electron chi connectivity index (χ1n) is 5.79. The van der Waals surface area contributed by atoms with Gasteiger partial charge in [-0.05, 0) is 42.8 Å². The second-order valence-corrected chi connectivity index (χ2v) is 5.10. The van der Waals surface area contributed by atoms with Crippen molar-refractivity contribution in [2.24, 2.45) is 0 Å². The van der Waals surface area contributed by atoms with Crippen LogP contribution in [-0.4, -0.2) is 39.3 Å². The molecule has 17 heavy (non-hydrogen) atoms. The van der Waals surface area contributed by atoms with Crippen LogP contribution >= 0.6 is 11.3 Å². The molecule has 5 heteroatoms. The van der Waals surface area contributed by atoms with Crippen LogP contribution in [0.2, 0.25) is 0 Å². The summed E-state index contributed by atoms with van der Waals surface area (Å²) in [4.78, 5) is 6.30. The summed E-state index contributed by atoms with van der Waals surface area (Å²) in [6.07, 6.45) is 4.45. The quantitative estimate of drug-likeness (QED) is 0.785. The van der Waals surface area contributed by atoms with E-state index in [1.807, 2.05) is 4.68 Å². The van der Waals surface area contributed by atoms with Crippen LogP contribution in [0.4, 0.5) is 0 Å². The van der Waals surface area contributed by atoms with Gasteiger partial charge in [0.25, 0.3) is 0 Å². The normalized spacial score (nSPS) is 13.1. The molecule has 1 atom stereocenters. The molecule has 2 heterocycles. The minimum Gasteiger partial charge on any atom is -0.302 e. The fourth-order valence-corrected chi connectivity index (χ4v) is 2.42. The van der Waals surface area contributed by atoms with E-state index in [1.54, 1.807) is 24.0 Å². The number of hydrogen-bond acceptors (Lipinski definition) is 4. The van der Waals surface area contributed by atoms with Crippen molar-refractivity contribution in [3.8, 4) is 0 Å². The molecule has 0 saturated carbocycles. The van der Waals surface area contributed by atoms with E-state index in [0.29, 0.717) is 6.04 Å². The van der Waals surface area contributed by atoms with Gasteiger partial charge in [0.05, 0.1) is 6.54 Å². The van der Waals surface area contributed by atoms with Crippen molar-refractivity contribution in [3.05, 3.63) is 35.0 Å². The summed E-state index contributed by atoms with van der Waals surface area (Å²) in [6, 6.07) is 2.75. The van der Waals surface area contributed by atoms with E-state index in [4.69, 9.17) is 0 Å². The van der Waals surface area contributed by atoms with E-state index in [-0.39, 0.29) is 0 Å². The zero-order valence-electron chi connectivity index (χ0n) is 10.3. The summed E-state index contributed by atoms with van der Waals surface area (Å²) in [5.41, 5.74) is 1.43. The highest BCUT2D eigenvalue weighted by atomic mass is 32.1. The van der Waals surface area contributed by atoms with Crippen molar-refractivity contribution in [1.82, 2.24) is 19.7 Å². The lowest BCUT2D eigenvalue weighted by molar-refractivity contribution is 0.243. The highest BCUT2D eigenvalue weighted by Gasteiger charge is 2.10. The Balaban J connectivity index is 1.77. The predicted molar refractivity (Wildman–Crippen MR) is 70.1 cm³/mol. The number of likely N-dealkylation sites (N-methyl/N-ethyl adjacent to an activating group) is 1. The summed E-state index contributed by atoms with van der Waals surface area (Å²) < 4.78 is 1.87. The Bertz CT molecular complexity index is 410. The number of rotatable bonds is 6. The van der Waals surface area contributed by atoms with Gasteiger partial charge in [0.1, 0.15) is 12.7 Å². The summed E-state index contributed by atoms with van der Waals surface area (Å²) in [5.74, 6) is 0. The molecule has 2 rings (SSSR count). The molecule has 0 N–H and O–H groups in total. The molecular formula is C12H18N4S. The molecule has 0 unspecified atom stereocenters. The van der Waals surface area contributed by atoms with E-state index >= 15 is 0 Å². The van der Waals surface area contributed by atoms with Gasteiger partial charge in [-0.1, -0.05) is 0 Å². The summed E-state index contributed by atoms with van der Waals surface area (Å²) in [5, 5.41) is 8.46. The maximum absolute atomic E-state index is 4.10. The van der Waals surface area contributed by atoms with Gasteiger partial charge in [-0.2, -0.15) is 16.4 Å². The predicted octanol–water partition coefficient (Wildman–Crippen LogP) is 1.90. The van der Waals surface area contributed by atoms with Crippen molar-refractivity contribution >= 4 is 11.3 Å². The number of nitrogens with zero attached hydrogens (tertiary/aromatic N) is 4. The van der Waals surface area contributed by atoms with Crippen molar-refractivity contribution < 1.29 is 0 Å². The lowest BCUT2D eigenvalue weighted by Crippen LogP contribution is -2.33. The Morgan fingerprint density at radius 1 is 1.53 bits per heavy atom. The average Bonchev–Trinajstić information content (AvgIpc) is 2.98. The monoisotopic (exact) mass is 250 g/mol. The lowest BCUT2D eigenvalue weighted by atomic mass is 10.1. The molecule has 0 aliphatic heterocycles. The Morgan fingerprint density at radius 2 is 2.41 bits per heavy atom. The maximum atomic E-state index is 4.10. The van der Waals surface area contributed by atoms with Crippen LogP contribution in [0.1, 0.15) is 12.5 Å². The third-order valence-electron chi connectivity index (χ3n) is 3.01. The standard InChI is InChI=1S/C12H18N4S/c1-11(7-12-3-6-17-8-12)15(2)4-5-16-10-13-9-14-16/h3,6,8-11H,4-5,7H2,1-2H3/t11-/m0/s1. The van der Waals surface area contributed by atoms with Crippen molar-refractivity contribution in [3.63, 3.8) is 0 Å². The average molecular weight is 250 g/mol. The summed E-state index contributed by atoms with van der Waals surface area (Å²) in [7, 11) is 2.16. The zero-order chi connectivity index (χ0) is 12.1. The van der Waals surface area contributed by atoms with Gasteiger partial charge in [-0.3, -0.25) is 4.68 Å². The molecule has 0 radical (unpaired) electrons. The van der Waals surface area contributed by atoms with Crippen LogP contribution in [0.15, 0.2) is 29.5 Å². The molecule has 0 bridgehead atoms. The molecule has 92 valence electrons. The van der Waals surface area contributed by atoms with E-state index in [0.717, 1.165) is 19.5 Å². The topological polar surface area (TPSA) is 34.0 Å². The molecule has 0 aliphatic rings. The molecule has 4 nitrogen and oxygen atoms in total. The molecule has 2 aromatic heterocycles. The zero-order valence-corrected chi connectivity index (χ0v) is 11.1. The van der Waals surface area contributed by atoms with Crippen molar-refractivity contribution in [2.75, 3.05) is 13.6 Å². The van der Waals surface area contributed by atoms with Crippen molar-refractivity contribution in [2.45, 2.75) is 25.9 Å². The SMILES string of the molecule is C[C@@H](Cc1ccsc1)N(C)CCn1cncn1. The van der Waals surface area contributed by atoms with Crippen LogP contribution in [0.3, 0.4) is 0 Å². The lowest BCUT2D eigenvalue weighted by Gasteiger charge is -2.24. The van der Waals surface area contributed by atoms with Crippen LogP contribution in [0, 0.1) is 0 Å². The third kappa shape index (κ3) is 3.64. The minimum atomic E-state index is 0.549. The van der Waals surface area contributed by atoms with Crippen LogP contribution in [-0.2, 0) is 13.0 Å². The number of hydrogen-bond donors (Lipinski definition) is 0. The van der Waals surface area contributed by atoms with Gasteiger partial charge in [0.2, 0.25) is 0 Å². The van der Waals surface area contributed by atoms with Crippen LogP contribution in [0.5, 0.6) is 0 Å². The molecular weight excluding hydrogens is 232 g/mol. The van der Waals surface area contributed by atoms with Crippen LogP contribution in [0.25, 0.3) is 0 Å². The fraction of sp³-hybridized carbons (Fsp3) is 0.500. The first-order chi connectivity index (χ1) is 8.25. The second kappa shape index (κ2) is 5.93. The highest BCUT2D eigenvalue weighted by Crippen LogP contribution is 2.11. The maximum Gasteiger partial charge on any atom is 0.137 e. The van der Waals surface area contributed by atoms with E-state index in [9.17, 15) is 0 Å². The van der Waals surface area contributed by atoms with Gasteiger partial charge in [0, 0.05) is 12.6 Å². The molecule has 0 fully saturated rings. The Morgan fingerprint density at radius 3 is 3.06 bits per heavy atom. The third-order valence-corrected chi connectivity index (χ3v) is 3.74. The molecule has 0 spiro atoms. The van der Waals surface area contributed by atoms with Gasteiger partial charge < -0.3 is 4.90 Å². The Kier molecular flexibility index (Phi) is 4.28. The van der Waals surface area contributed by atoms with Crippen LogP contribution < -0.4 is 0 Å². The van der Waals surface area contributed by atoms with E-state index in [1.165, 1.54) is 5.56 Å². The molecule has 0 aliphatic carbocycles. The minimum absolute atomic E-state index is 0.549. The van der Waals surface area contributed by atoms with Gasteiger partial charge in [-0.25, -0.2) is 4.98 Å². The largest absolute Gasteiger partial charge is 0.302 e. The van der Waals surface area contributed by atoms with Crippen molar-refractivity contribution in [1.29, 1.82) is 0 Å². The molecule has 0 aromatic carbocycles. The highest BCUT2D eigenvalue weighted by molar-refractivity contribution is 7.07. The van der Waals surface area contributed by atoms with Gasteiger partial charge in [0.15, 0.2) is 0 Å². The smallest absolute Gasteiger partial charge is 0.137 e. The van der Waals surface area contributed by atoms with E-state index < -0.39 is 0 Å². The number of aromatic nitrogens is 3. The second-order valence-electron chi connectivity index (χ2n) is 4.32. The van der Waals surface area contributed by atoms with Gasteiger partial charge >= 0.3 is 0 Å². The van der Waals surface area contributed by atoms with Gasteiger partial charge in [-0.15, -0.1) is 0 Å². The molecule has 0 amide bonds. The fourth-order valence-electron chi connectivity index (χ4n) is 1.73. The van der Waals surface area contributed by atoms with E-state index in [2.05, 4.69) is 45.8 Å². The Labute approximate surface area is 106 Å². The summed E-state index contributed by atoms with van der Waals surface area (Å²) >= 11 is 1.76. The first-order valence-corrected chi connectivity index (χ1v) is 6.73.